The van der Waals surface area contributed by atoms with Crippen LogP contribution in [-0.4, -0.2) is 49.0 Å². The largest absolute Gasteiger partial charge is 0.491 e. The van der Waals surface area contributed by atoms with E-state index in [1.54, 1.807) is 0 Å². The third-order valence-corrected chi connectivity index (χ3v) is 4.71. The normalized spacial score (nSPS) is 18.4. The monoisotopic (exact) mass is 413 g/mol. The first-order valence-corrected chi connectivity index (χ1v) is 9.09. The molecular weight excluding hydrogens is 388 g/mol. The van der Waals surface area contributed by atoms with Gasteiger partial charge in [-0.15, -0.1) is 12.4 Å². The van der Waals surface area contributed by atoms with Gasteiger partial charge in [-0.2, -0.15) is 0 Å². The van der Waals surface area contributed by atoms with Gasteiger partial charge in [0.15, 0.2) is 11.6 Å². The first kappa shape index (κ1) is 22.6. The predicted octanol–water partition coefficient (Wildman–Crippen LogP) is 3.82. The molecule has 2 unspecified atom stereocenters. The molecule has 2 aromatic rings. The number of hydrogen-bond acceptors (Lipinski definition) is 4. The lowest BCUT2D eigenvalue weighted by molar-refractivity contribution is -0.0461. The first-order valence-electron chi connectivity index (χ1n) is 9.09. The highest BCUT2D eigenvalue weighted by Crippen LogP contribution is 2.24. The Balaban J connectivity index is 0.00000280. The molecule has 0 aromatic heterocycles. The maximum absolute atomic E-state index is 13.5. The fourth-order valence-electron chi connectivity index (χ4n) is 3.18. The second-order valence-corrected chi connectivity index (χ2v) is 7.03. The molecule has 1 heterocycles. The number of halogens is 3. The summed E-state index contributed by atoms with van der Waals surface area (Å²) >= 11 is 0. The van der Waals surface area contributed by atoms with Crippen LogP contribution in [0.5, 0.6) is 5.75 Å². The standard InChI is InChI=1S/C21H25F2NO3.ClH/c1-14-3-4-15(2)20(9-14)27-13-17(25)11-24-7-8-26-21(12-24)16-5-6-18(22)19(23)10-16;/h3-6,9-10,17,21,25H,7-8,11-13H2,1-2H3;1H. The highest BCUT2D eigenvalue weighted by molar-refractivity contribution is 5.85. The van der Waals surface area contributed by atoms with Gasteiger partial charge in [-0.3, -0.25) is 4.90 Å². The van der Waals surface area contributed by atoms with Crippen LogP contribution in [0.2, 0.25) is 0 Å². The van der Waals surface area contributed by atoms with E-state index in [4.69, 9.17) is 9.47 Å². The van der Waals surface area contributed by atoms with Gasteiger partial charge in [0.1, 0.15) is 18.5 Å². The quantitative estimate of drug-likeness (QED) is 0.781. The molecule has 0 bridgehead atoms. The Morgan fingerprint density at radius 3 is 2.71 bits per heavy atom. The Kier molecular flexibility index (Phi) is 8.19. The maximum Gasteiger partial charge on any atom is 0.159 e. The summed E-state index contributed by atoms with van der Waals surface area (Å²) in [5.74, 6) is -0.976. The summed E-state index contributed by atoms with van der Waals surface area (Å²) in [5, 5.41) is 10.3. The summed E-state index contributed by atoms with van der Waals surface area (Å²) in [6.45, 7) is 6.22. The second-order valence-electron chi connectivity index (χ2n) is 7.03. The van der Waals surface area contributed by atoms with Gasteiger partial charge in [-0.05, 0) is 48.7 Å². The fourth-order valence-corrected chi connectivity index (χ4v) is 3.18. The molecule has 1 fully saturated rings. The molecule has 2 aromatic carbocycles. The van der Waals surface area contributed by atoms with E-state index in [1.807, 2.05) is 36.9 Å². The van der Waals surface area contributed by atoms with E-state index >= 15 is 0 Å². The zero-order valence-electron chi connectivity index (χ0n) is 16.0. The zero-order chi connectivity index (χ0) is 19.4. The van der Waals surface area contributed by atoms with E-state index < -0.39 is 17.7 Å². The summed E-state index contributed by atoms with van der Waals surface area (Å²) in [5.41, 5.74) is 2.73. The fraction of sp³-hybridized carbons (Fsp3) is 0.429. The summed E-state index contributed by atoms with van der Waals surface area (Å²) in [4.78, 5) is 2.05. The van der Waals surface area contributed by atoms with E-state index in [-0.39, 0.29) is 25.1 Å². The molecule has 0 amide bonds. The molecule has 3 rings (SSSR count). The number of benzene rings is 2. The van der Waals surface area contributed by atoms with Crippen LogP contribution in [0.15, 0.2) is 36.4 Å². The molecule has 154 valence electrons. The molecule has 28 heavy (non-hydrogen) atoms. The van der Waals surface area contributed by atoms with Crippen molar-refractivity contribution in [1.29, 1.82) is 0 Å². The number of aryl methyl sites for hydroxylation is 2. The number of β-amino-alcohol motifs (C(OH)–C–C–N with tert-alkyl or cyclic N) is 1. The summed E-state index contributed by atoms with van der Waals surface area (Å²) in [7, 11) is 0. The van der Waals surface area contributed by atoms with Gasteiger partial charge < -0.3 is 14.6 Å². The number of rotatable bonds is 6. The van der Waals surface area contributed by atoms with Crippen molar-refractivity contribution in [2.24, 2.45) is 0 Å². The molecule has 7 heteroatoms. The van der Waals surface area contributed by atoms with Crippen molar-refractivity contribution >= 4 is 12.4 Å². The van der Waals surface area contributed by atoms with E-state index in [0.29, 0.717) is 31.8 Å². The van der Waals surface area contributed by atoms with Crippen molar-refractivity contribution in [3.63, 3.8) is 0 Å². The molecule has 0 radical (unpaired) electrons. The average Bonchev–Trinajstić information content (AvgIpc) is 2.65. The van der Waals surface area contributed by atoms with Crippen LogP contribution in [0, 0.1) is 25.5 Å². The van der Waals surface area contributed by atoms with Crippen molar-refractivity contribution in [2.45, 2.75) is 26.1 Å². The predicted molar refractivity (Wildman–Crippen MR) is 106 cm³/mol. The van der Waals surface area contributed by atoms with E-state index in [2.05, 4.69) is 0 Å². The number of aliphatic hydroxyl groups is 1. The maximum atomic E-state index is 13.5. The average molecular weight is 414 g/mol. The molecule has 0 spiro atoms. The molecule has 1 aliphatic rings. The number of hydrogen-bond donors (Lipinski definition) is 1. The van der Waals surface area contributed by atoms with Gasteiger partial charge in [0.2, 0.25) is 0 Å². The first-order chi connectivity index (χ1) is 12.9. The third-order valence-electron chi connectivity index (χ3n) is 4.71. The van der Waals surface area contributed by atoms with Crippen LogP contribution in [0.1, 0.15) is 22.8 Å². The van der Waals surface area contributed by atoms with Gasteiger partial charge in [-0.1, -0.05) is 18.2 Å². The molecule has 2 atom stereocenters. The summed E-state index contributed by atoms with van der Waals surface area (Å²) in [6.07, 6.45) is -1.00. The van der Waals surface area contributed by atoms with Crippen LogP contribution in [0.25, 0.3) is 0 Å². The Morgan fingerprint density at radius 1 is 1.18 bits per heavy atom. The second kappa shape index (κ2) is 10.2. The van der Waals surface area contributed by atoms with Crippen molar-refractivity contribution in [1.82, 2.24) is 4.90 Å². The van der Waals surface area contributed by atoms with Crippen molar-refractivity contribution in [3.05, 3.63) is 64.7 Å². The highest BCUT2D eigenvalue weighted by atomic mass is 35.5. The van der Waals surface area contributed by atoms with Crippen LogP contribution >= 0.6 is 12.4 Å². The van der Waals surface area contributed by atoms with Crippen LogP contribution in [0.3, 0.4) is 0 Å². The molecule has 0 saturated carbocycles. The van der Waals surface area contributed by atoms with Crippen molar-refractivity contribution < 1.29 is 23.4 Å². The van der Waals surface area contributed by atoms with E-state index in [0.717, 1.165) is 22.9 Å². The summed E-state index contributed by atoms with van der Waals surface area (Å²) in [6, 6.07) is 9.78. The smallest absolute Gasteiger partial charge is 0.159 e. The van der Waals surface area contributed by atoms with Crippen molar-refractivity contribution in [3.8, 4) is 5.75 Å². The molecule has 0 aliphatic carbocycles. The van der Waals surface area contributed by atoms with Gasteiger partial charge in [0, 0.05) is 19.6 Å². The van der Waals surface area contributed by atoms with E-state index in [9.17, 15) is 13.9 Å². The SMILES string of the molecule is Cc1ccc(C)c(OCC(O)CN2CCOC(c3ccc(F)c(F)c3)C2)c1.Cl. The Bertz CT molecular complexity index is 790. The molecule has 1 saturated heterocycles. The molecule has 1 N–H and O–H groups in total. The molecular formula is C21H26ClF2NO3. The van der Waals surface area contributed by atoms with Gasteiger partial charge in [0.25, 0.3) is 0 Å². The minimum absolute atomic E-state index is 0. The zero-order valence-corrected chi connectivity index (χ0v) is 16.8. The third kappa shape index (κ3) is 5.88. The minimum Gasteiger partial charge on any atom is -0.491 e. The lowest BCUT2D eigenvalue weighted by Gasteiger charge is -2.34. The lowest BCUT2D eigenvalue weighted by Crippen LogP contribution is -2.43. The summed E-state index contributed by atoms with van der Waals surface area (Å²) < 4.78 is 38.0. The van der Waals surface area contributed by atoms with Crippen LogP contribution in [-0.2, 0) is 4.74 Å². The van der Waals surface area contributed by atoms with Gasteiger partial charge >= 0.3 is 0 Å². The Morgan fingerprint density at radius 2 is 1.96 bits per heavy atom. The Hall–Kier alpha value is -1.73. The topological polar surface area (TPSA) is 41.9 Å². The minimum atomic E-state index is -0.879. The van der Waals surface area contributed by atoms with Gasteiger partial charge in [-0.25, -0.2) is 8.78 Å². The van der Waals surface area contributed by atoms with Crippen LogP contribution < -0.4 is 4.74 Å². The number of morpholine rings is 1. The van der Waals surface area contributed by atoms with Crippen LogP contribution in [0.4, 0.5) is 8.78 Å². The number of aliphatic hydroxyl groups excluding tert-OH is 1. The van der Waals surface area contributed by atoms with Crippen molar-refractivity contribution in [2.75, 3.05) is 32.8 Å². The van der Waals surface area contributed by atoms with Gasteiger partial charge in [0.05, 0.1) is 12.7 Å². The molecule has 1 aliphatic heterocycles. The lowest BCUT2D eigenvalue weighted by atomic mass is 10.1. The number of ether oxygens (including phenoxy) is 2. The number of nitrogens with zero attached hydrogens (tertiary/aromatic N) is 1. The molecule has 4 nitrogen and oxygen atoms in total. The van der Waals surface area contributed by atoms with E-state index in [1.165, 1.54) is 12.1 Å². The highest BCUT2D eigenvalue weighted by Gasteiger charge is 2.24. The Labute approximate surface area is 170 Å².